The summed E-state index contributed by atoms with van der Waals surface area (Å²) in [6.07, 6.45) is 3.66. The van der Waals surface area contributed by atoms with Crippen LogP contribution >= 0.6 is 0 Å². The molecule has 6 nitrogen and oxygen atoms in total. The van der Waals surface area contributed by atoms with Crippen molar-refractivity contribution in [3.8, 4) is 5.88 Å². The van der Waals surface area contributed by atoms with Gasteiger partial charge < -0.3 is 19.6 Å². The number of aliphatic hydroxyl groups excluding tert-OH is 1. The van der Waals surface area contributed by atoms with Crippen LogP contribution in [0.25, 0.3) is 0 Å². The van der Waals surface area contributed by atoms with Gasteiger partial charge in [0.1, 0.15) is 5.76 Å². The minimum Gasteiger partial charge on any atom is -0.477 e. The third-order valence-corrected chi connectivity index (χ3v) is 3.44. The summed E-state index contributed by atoms with van der Waals surface area (Å²) in [4.78, 5) is 16.3. The molecule has 0 aromatic carbocycles. The van der Waals surface area contributed by atoms with Crippen molar-refractivity contribution in [2.75, 3.05) is 6.61 Å². The number of hydrogen-bond donors (Lipinski definition) is 2. The highest BCUT2D eigenvalue weighted by atomic mass is 16.5. The number of carbonyl (C=O) groups is 1. The van der Waals surface area contributed by atoms with E-state index in [2.05, 4.69) is 17.2 Å². The first-order chi connectivity index (χ1) is 11.2. The Bertz CT molecular complexity index is 652. The summed E-state index contributed by atoms with van der Waals surface area (Å²) < 4.78 is 11.0. The number of hydrogen-bond acceptors (Lipinski definition) is 5. The van der Waals surface area contributed by atoms with Crippen molar-refractivity contribution in [1.82, 2.24) is 10.3 Å². The number of furan rings is 1. The van der Waals surface area contributed by atoms with Crippen LogP contribution in [0.1, 0.15) is 47.2 Å². The summed E-state index contributed by atoms with van der Waals surface area (Å²) in [6, 6.07) is 5.21. The largest absolute Gasteiger partial charge is 0.477 e. The molecule has 2 rings (SSSR count). The van der Waals surface area contributed by atoms with Crippen LogP contribution in [0, 0.1) is 6.92 Å². The molecule has 6 heteroatoms. The molecule has 0 saturated carbocycles. The van der Waals surface area contributed by atoms with Crippen molar-refractivity contribution in [1.29, 1.82) is 0 Å². The quantitative estimate of drug-likeness (QED) is 0.731. The van der Waals surface area contributed by atoms with Crippen LogP contribution in [0.4, 0.5) is 0 Å². The highest BCUT2D eigenvalue weighted by Gasteiger charge is 2.14. The number of aliphatic hydroxyl groups is 1. The van der Waals surface area contributed by atoms with Crippen LogP contribution < -0.4 is 10.1 Å². The van der Waals surface area contributed by atoms with Gasteiger partial charge in [-0.1, -0.05) is 19.4 Å². The van der Waals surface area contributed by atoms with Crippen molar-refractivity contribution >= 4 is 5.91 Å². The van der Waals surface area contributed by atoms with Gasteiger partial charge in [0.15, 0.2) is 5.76 Å². The Balaban J connectivity index is 1.98. The van der Waals surface area contributed by atoms with E-state index >= 15 is 0 Å². The molecule has 2 heterocycles. The Morgan fingerprint density at radius 2 is 2.26 bits per heavy atom. The van der Waals surface area contributed by atoms with Gasteiger partial charge in [-0.05, 0) is 25.5 Å². The lowest BCUT2D eigenvalue weighted by Gasteiger charge is -2.10. The molecule has 124 valence electrons. The smallest absolute Gasteiger partial charge is 0.287 e. The van der Waals surface area contributed by atoms with Crippen LogP contribution in [-0.4, -0.2) is 22.6 Å². The summed E-state index contributed by atoms with van der Waals surface area (Å²) in [7, 11) is 0. The normalized spacial score (nSPS) is 10.6. The van der Waals surface area contributed by atoms with Crippen LogP contribution in [0.2, 0.25) is 0 Å². The number of aromatic nitrogens is 1. The first-order valence-electron chi connectivity index (χ1n) is 7.70. The average molecular weight is 318 g/mol. The van der Waals surface area contributed by atoms with Gasteiger partial charge in [-0.2, -0.15) is 0 Å². The van der Waals surface area contributed by atoms with Crippen molar-refractivity contribution in [3.05, 3.63) is 47.0 Å². The van der Waals surface area contributed by atoms with Gasteiger partial charge in [-0.15, -0.1) is 0 Å². The van der Waals surface area contributed by atoms with E-state index in [1.807, 2.05) is 6.07 Å². The van der Waals surface area contributed by atoms with Crippen LogP contribution in [0.3, 0.4) is 0 Å². The van der Waals surface area contributed by atoms with Gasteiger partial charge in [0.25, 0.3) is 5.91 Å². The molecule has 0 bridgehead atoms. The molecule has 0 saturated heterocycles. The number of aryl methyl sites for hydroxylation is 1. The zero-order valence-corrected chi connectivity index (χ0v) is 13.5. The second-order valence-electron chi connectivity index (χ2n) is 5.20. The second-order valence-corrected chi connectivity index (χ2v) is 5.20. The van der Waals surface area contributed by atoms with E-state index in [-0.39, 0.29) is 18.3 Å². The molecule has 0 unspecified atom stereocenters. The Kier molecular flexibility index (Phi) is 6.17. The zero-order chi connectivity index (χ0) is 16.7. The van der Waals surface area contributed by atoms with E-state index in [0.717, 1.165) is 18.4 Å². The molecule has 23 heavy (non-hydrogen) atoms. The molecule has 1 amide bonds. The number of rotatable bonds is 8. The number of unbranched alkanes of at least 4 members (excludes halogenated alkanes) is 1. The minimum atomic E-state index is -0.337. The van der Waals surface area contributed by atoms with Crippen molar-refractivity contribution in [2.24, 2.45) is 0 Å². The third-order valence-electron chi connectivity index (χ3n) is 3.44. The van der Waals surface area contributed by atoms with E-state index in [1.54, 1.807) is 25.3 Å². The predicted molar refractivity (Wildman–Crippen MR) is 85.2 cm³/mol. The van der Waals surface area contributed by atoms with Gasteiger partial charge in [-0.25, -0.2) is 4.98 Å². The number of pyridine rings is 1. The lowest BCUT2D eigenvalue weighted by molar-refractivity contribution is 0.0921. The maximum atomic E-state index is 12.1. The molecule has 2 N–H and O–H groups in total. The summed E-state index contributed by atoms with van der Waals surface area (Å²) >= 11 is 0. The summed E-state index contributed by atoms with van der Waals surface area (Å²) in [5.41, 5.74) is 1.42. The lowest BCUT2D eigenvalue weighted by atomic mass is 10.2. The molecular formula is C17H22N2O4. The number of carbonyl (C=O) groups excluding carboxylic acids is 1. The molecule has 0 aliphatic carbocycles. The minimum absolute atomic E-state index is 0.152. The fraction of sp³-hybridized carbons (Fsp3) is 0.412. The average Bonchev–Trinajstić information content (AvgIpc) is 2.95. The molecule has 0 spiro atoms. The second kappa shape index (κ2) is 8.33. The molecule has 0 aliphatic rings. The fourth-order valence-corrected chi connectivity index (χ4v) is 2.05. The summed E-state index contributed by atoms with van der Waals surface area (Å²) in [5.74, 6) is 0.926. The lowest BCUT2D eigenvalue weighted by Crippen LogP contribution is -2.22. The standard InChI is InChI=1S/C17H22N2O4/c1-3-4-8-22-17-13(6-5-7-18-17)10-19-16(21)15-9-14(11-20)12(2)23-15/h5-7,9,20H,3-4,8,10-11H2,1-2H3,(H,19,21). The topological polar surface area (TPSA) is 84.6 Å². The summed E-state index contributed by atoms with van der Waals surface area (Å²) in [5, 5.41) is 11.9. The monoisotopic (exact) mass is 318 g/mol. The highest BCUT2D eigenvalue weighted by molar-refractivity contribution is 5.91. The molecule has 0 radical (unpaired) electrons. The van der Waals surface area contributed by atoms with Gasteiger partial charge in [-0.3, -0.25) is 4.79 Å². The van der Waals surface area contributed by atoms with E-state index in [4.69, 9.17) is 14.3 Å². The van der Waals surface area contributed by atoms with Crippen molar-refractivity contribution in [3.63, 3.8) is 0 Å². The van der Waals surface area contributed by atoms with E-state index in [1.165, 1.54) is 0 Å². The van der Waals surface area contributed by atoms with E-state index < -0.39 is 0 Å². The first-order valence-corrected chi connectivity index (χ1v) is 7.70. The maximum Gasteiger partial charge on any atom is 0.287 e. The maximum absolute atomic E-state index is 12.1. The van der Waals surface area contributed by atoms with Crippen LogP contribution in [0.15, 0.2) is 28.8 Å². The number of ether oxygens (including phenoxy) is 1. The zero-order valence-electron chi connectivity index (χ0n) is 13.5. The molecule has 2 aromatic heterocycles. The Labute approximate surface area is 135 Å². The third kappa shape index (κ3) is 4.56. The fourth-order valence-electron chi connectivity index (χ4n) is 2.05. The van der Waals surface area contributed by atoms with Crippen LogP contribution in [-0.2, 0) is 13.2 Å². The van der Waals surface area contributed by atoms with Crippen LogP contribution in [0.5, 0.6) is 5.88 Å². The Hall–Kier alpha value is -2.34. The number of amides is 1. The number of nitrogens with zero attached hydrogens (tertiary/aromatic N) is 1. The molecule has 0 atom stereocenters. The van der Waals surface area contributed by atoms with Crippen molar-refractivity contribution in [2.45, 2.75) is 39.8 Å². The SMILES string of the molecule is CCCCOc1ncccc1CNC(=O)c1cc(CO)c(C)o1. The van der Waals surface area contributed by atoms with Gasteiger partial charge in [0.2, 0.25) is 5.88 Å². The highest BCUT2D eigenvalue weighted by Crippen LogP contribution is 2.17. The Morgan fingerprint density at radius 3 is 2.96 bits per heavy atom. The van der Waals surface area contributed by atoms with Gasteiger partial charge in [0.05, 0.1) is 13.2 Å². The Morgan fingerprint density at radius 1 is 1.43 bits per heavy atom. The molecule has 0 fully saturated rings. The van der Waals surface area contributed by atoms with E-state index in [9.17, 15) is 4.79 Å². The molecule has 0 aliphatic heterocycles. The van der Waals surface area contributed by atoms with Crippen molar-refractivity contribution < 1.29 is 19.1 Å². The molecule has 2 aromatic rings. The number of nitrogens with one attached hydrogen (secondary N) is 1. The first kappa shape index (κ1) is 17.0. The van der Waals surface area contributed by atoms with Gasteiger partial charge in [0, 0.05) is 23.9 Å². The van der Waals surface area contributed by atoms with E-state index in [0.29, 0.717) is 30.4 Å². The summed E-state index contributed by atoms with van der Waals surface area (Å²) in [6.45, 7) is 4.55. The molecular weight excluding hydrogens is 296 g/mol. The predicted octanol–water partition coefficient (Wildman–Crippen LogP) is 2.58. The van der Waals surface area contributed by atoms with Gasteiger partial charge >= 0.3 is 0 Å².